The average molecular weight is 340 g/mol. The van der Waals surface area contributed by atoms with Crippen LogP contribution in [0.4, 0.5) is 18.9 Å². The fraction of sp³-hybridized carbons (Fsp3) is 0.375. The largest absolute Gasteiger partial charge is 0.455 e. The van der Waals surface area contributed by atoms with Crippen molar-refractivity contribution >= 4 is 22.6 Å². The van der Waals surface area contributed by atoms with Gasteiger partial charge in [-0.15, -0.1) is 0 Å². The van der Waals surface area contributed by atoms with E-state index in [2.05, 4.69) is 0 Å². The summed E-state index contributed by atoms with van der Waals surface area (Å²) in [7, 11) is 0. The van der Waals surface area contributed by atoms with Crippen LogP contribution >= 0.6 is 0 Å². The molecule has 1 aromatic carbocycles. The van der Waals surface area contributed by atoms with Crippen LogP contribution in [0.15, 0.2) is 11.0 Å². The molecule has 0 spiro atoms. The number of aromatic nitrogens is 1. The van der Waals surface area contributed by atoms with E-state index in [1.807, 2.05) is 0 Å². The number of benzene rings is 1. The van der Waals surface area contributed by atoms with Crippen LogP contribution in [0, 0.1) is 18.6 Å². The Morgan fingerprint density at radius 2 is 2.04 bits per heavy atom. The molecule has 2 atom stereocenters. The molecule has 0 aliphatic heterocycles. The first-order valence-electron chi connectivity index (χ1n) is 7.43. The van der Waals surface area contributed by atoms with Gasteiger partial charge >= 0.3 is 5.97 Å². The van der Waals surface area contributed by atoms with Crippen LogP contribution in [0.3, 0.4) is 0 Å². The predicted octanol–water partition coefficient (Wildman–Crippen LogP) is 2.46. The minimum atomic E-state index is -1.34. The molecule has 1 saturated carbocycles. The number of fused-ring (bicyclic) bond motifs is 1. The van der Waals surface area contributed by atoms with Crippen LogP contribution in [0.5, 0.6) is 0 Å². The summed E-state index contributed by atoms with van der Waals surface area (Å²) in [6.07, 6.45) is -0.817. The van der Waals surface area contributed by atoms with Crippen molar-refractivity contribution in [2.45, 2.75) is 39.1 Å². The molecule has 1 fully saturated rings. The van der Waals surface area contributed by atoms with Gasteiger partial charge in [0.2, 0.25) is 5.43 Å². The van der Waals surface area contributed by atoms with Crippen molar-refractivity contribution < 1.29 is 22.7 Å². The molecule has 2 aromatic rings. The zero-order chi connectivity index (χ0) is 17.8. The van der Waals surface area contributed by atoms with E-state index in [4.69, 9.17) is 10.5 Å². The summed E-state index contributed by atoms with van der Waals surface area (Å²) < 4.78 is 47.1. The summed E-state index contributed by atoms with van der Waals surface area (Å²) in [4.78, 5) is 24.7. The van der Waals surface area contributed by atoms with Crippen LogP contribution in [0.25, 0.3) is 10.9 Å². The van der Waals surface area contributed by atoms with Gasteiger partial charge in [0, 0.05) is 24.7 Å². The van der Waals surface area contributed by atoms with Crippen molar-refractivity contribution in [3.05, 3.63) is 39.2 Å². The number of hydrogen-bond donors (Lipinski definition) is 1. The third-order valence-corrected chi connectivity index (χ3v) is 4.14. The molecule has 2 N–H and O–H groups in total. The number of rotatable bonds is 3. The Hall–Kier alpha value is -2.51. The second-order valence-electron chi connectivity index (χ2n) is 5.74. The number of esters is 1. The molecule has 1 heterocycles. The van der Waals surface area contributed by atoms with Gasteiger partial charge in [0.15, 0.2) is 11.6 Å². The lowest BCUT2D eigenvalue weighted by Gasteiger charge is -2.16. The van der Waals surface area contributed by atoms with E-state index in [9.17, 15) is 22.8 Å². The van der Waals surface area contributed by atoms with E-state index in [0.717, 1.165) is 0 Å². The standard InChI is InChI=1S/C16H15F3N2O3/c1-3-21-5-7(16(23)24-9-4-8(9)17)15(22)10-13(20)12(19)11(18)6(2)14(10)21/h5,8-9H,3-4,20H2,1-2H3. The first kappa shape index (κ1) is 16.4. The topological polar surface area (TPSA) is 74.3 Å². The number of alkyl halides is 1. The highest BCUT2D eigenvalue weighted by molar-refractivity contribution is 5.99. The third kappa shape index (κ3) is 2.33. The zero-order valence-electron chi connectivity index (χ0n) is 13.0. The molecule has 2 unspecified atom stereocenters. The number of ether oxygens (including phenoxy) is 1. The first-order chi connectivity index (χ1) is 11.3. The summed E-state index contributed by atoms with van der Waals surface area (Å²) in [5.74, 6) is -3.48. The Kier molecular flexibility index (Phi) is 3.77. The van der Waals surface area contributed by atoms with E-state index in [0.29, 0.717) is 0 Å². The summed E-state index contributed by atoms with van der Waals surface area (Å²) in [6.45, 7) is 3.30. The minimum Gasteiger partial charge on any atom is -0.455 e. The second-order valence-corrected chi connectivity index (χ2v) is 5.74. The quantitative estimate of drug-likeness (QED) is 0.688. The van der Waals surface area contributed by atoms with E-state index in [-0.39, 0.29) is 35.0 Å². The molecule has 8 heteroatoms. The number of halogens is 3. The maximum absolute atomic E-state index is 13.9. The SMILES string of the molecule is CCn1cc(C(=O)OC2CC2F)c(=O)c2c(N)c(F)c(F)c(C)c21. The smallest absolute Gasteiger partial charge is 0.344 e. The van der Waals surface area contributed by atoms with Gasteiger partial charge in [0.25, 0.3) is 0 Å². The number of carbonyl (C=O) groups excluding carboxylic acids is 1. The highest BCUT2D eigenvalue weighted by Crippen LogP contribution is 2.31. The maximum Gasteiger partial charge on any atom is 0.344 e. The van der Waals surface area contributed by atoms with Crippen LogP contribution in [-0.4, -0.2) is 22.8 Å². The predicted molar refractivity (Wildman–Crippen MR) is 81.7 cm³/mol. The molecular formula is C16H15F3N2O3. The molecule has 3 rings (SSSR count). The van der Waals surface area contributed by atoms with Crippen LogP contribution in [-0.2, 0) is 11.3 Å². The summed E-state index contributed by atoms with van der Waals surface area (Å²) in [6, 6.07) is 0. The van der Waals surface area contributed by atoms with Crippen LogP contribution < -0.4 is 11.2 Å². The number of pyridine rings is 1. The highest BCUT2D eigenvalue weighted by Gasteiger charge is 2.42. The number of anilines is 1. The maximum atomic E-state index is 13.9. The lowest BCUT2D eigenvalue weighted by Crippen LogP contribution is -2.23. The average Bonchev–Trinajstić information content (AvgIpc) is 3.24. The molecule has 0 saturated heterocycles. The summed E-state index contributed by atoms with van der Waals surface area (Å²) in [5, 5.41) is -0.282. The first-order valence-corrected chi connectivity index (χ1v) is 7.43. The van der Waals surface area contributed by atoms with Gasteiger partial charge in [-0.05, 0) is 13.8 Å². The Labute approximate surface area is 134 Å². The Morgan fingerprint density at radius 3 is 2.58 bits per heavy atom. The van der Waals surface area contributed by atoms with Gasteiger partial charge in [-0.1, -0.05) is 0 Å². The molecule has 1 aliphatic carbocycles. The molecule has 0 bridgehead atoms. The van der Waals surface area contributed by atoms with E-state index < -0.39 is 41.0 Å². The Bertz CT molecular complexity index is 923. The number of aryl methyl sites for hydroxylation is 2. The Morgan fingerprint density at radius 1 is 1.42 bits per heavy atom. The number of carbonyl (C=O) groups is 1. The molecule has 1 aromatic heterocycles. The minimum absolute atomic E-state index is 0.0819. The lowest BCUT2D eigenvalue weighted by atomic mass is 10.0. The molecule has 1 aliphatic rings. The van der Waals surface area contributed by atoms with Crippen molar-refractivity contribution in [2.24, 2.45) is 0 Å². The second kappa shape index (κ2) is 5.54. The number of nitrogens with zero attached hydrogens (tertiary/aromatic N) is 1. The van der Waals surface area contributed by atoms with Crippen LogP contribution in [0.1, 0.15) is 29.3 Å². The summed E-state index contributed by atoms with van der Waals surface area (Å²) in [5.41, 5.74) is 3.69. The van der Waals surface area contributed by atoms with Gasteiger partial charge in [-0.2, -0.15) is 0 Å². The molecule has 0 radical (unpaired) electrons. The normalized spacial score (nSPS) is 19.5. The number of nitrogens with two attached hydrogens (primary N) is 1. The fourth-order valence-corrected chi connectivity index (χ4v) is 2.68. The van der Waals surface area contributed by atoms with Crippen molar-refractivity contribution in [2.75, 3.05) is 5.73 Å². The Balaban J connectivity index is 2.28. The highest BCUT2D eigenvalue weighted by atomic mass is 19.2. The molecule has 24 heavy (non-hydrogen) atoms. The van der Waals surface area contributed by atoms with Crippen molar-refractivity contribution in [1.82, 2.24) is 4.57 Å². The van der Waals surface area contributed by atoms with E-state index in [1.54, 1.807) is 6.92 Å². The number of nitrogen functional groups attached to an aromatic ring is 1. The monoisotopic (exact) mass is 340 g/mol. The third-order valence-electron chi connectivity index (χ3n) is 4.14. The van der Waals surface area contributed by atoms with Gasteiger partial charge in [0.05, 0.1) is 16.6 Å². The van der Waals surface area contributed by atoms with Crippen molar-refractivity contribution in [3.8, 4) is 0 Å². The van der Waals surface area contributed by atoms with Crippen LogP contribution in [0.2, 0.25) is 0 Å². The molecule has 128 valence electrons. The zero-order valence-corrected chi connectivity index (χ0v) is 13.0. The lowest BCUT2D eigenvalue weighted by molar-refractivity contribution is 0.0436. The molecular weight excluding hydrogens is 325 g/mol. The van der Waals surface area contributed by atoms with Crippen molar-refractivity contribution in [3.63, 3.8) is 0 Å². The van der Waals surface area contributed by atoms with E-state index >= 15 is 0 Å². The number of hydrogen-bond acceptors (Lipinski definition) is 4. The van der Waals surface area contributed by atoms with Gasteiger partial charge in [-0.25, -0.2) is 18.0 Å². The van der Waals surface area contributed by atoms with Crippen molar-refractivity contribution in [1.29, 1.82) is 0 Å². The van der Waals surface area contributed by atoms with E-state index in [1.165, 1.54) is 17.7 Å². The summed E-state index contributed by atoms with van der Waals surface area (Å²) >= 11 is 0. The molecule has 0 amide bonds. The molecule has 5 nitrogen and oxygen atoms in total. The van der Waals surface area contributed by atoms with Gasteiger partial charge < -0.3 is 15.0 Å². The van der Waals surface area contributed by atoms with Gasteiger partial charge in [-0.3, -0.25) is 4.79 Å². The van der Waals surface area contributed by atoms with Gasteiger partial charge in [0.1, 0.15) is 17.8 Å². The fourth-order valence-electron chi connectivity index (χ4n) is 2.68.